The van der Waals surface area contributed by atoms with Crippen molar-refractivity contribution in [3.63, 3.8) is 0 Å². The molecule has 2 aromatic heterocycles. The number of nitrogens with zero attached hydrogens (tertiary/aromatic N) is 3. The predicted molar refractivity (Wildman–Crippen MR) is 86.3 cm³/mol. The van der Waals surface area contributed by atoms with Gasteiger partial charge in [-0.2, -0.15) is 0 Å². The lowest BCUT2D eigenvalue weighted by atomic mass is 10.1. The molecule has 0 atom stereocenters. The molecule has 0 unspecified atom stereocenters. The molecule has 0 saturated heterocycles. The van der Waals surface area contributed by atoms with Gasteiger partial charge in [0.15, 0.2) is 0 Å². The van der Waals surface area contributed by atoms with Gasteiger partial charge in [0.2, 0.25) is 0 Å². The molecule has 0 aliphatic rings. The summed E-state index contributed by atoms with van der Waals surface area (Å²) in [5.41, 5.74) is 1.14. The Kier molecular flexibility index (Phi) is 5.37. The van der Waals surface area contributed by atoms with E-state index in [0.29, 0.717) is 5.92 Å². The van der Waals surface area contributed by atoms with Crippen LogP contribution in [0.15, 0.2) is 39.2 Å². The fourth-order valence-corrected chi connectivity index (χ4v) is 3.33. The van der Waals surface area contributed by atoms with Gasteiger partial charge in [0.05, 0.1) is 4.47 Å². The molecule has 0 spiro atoms. The summed E-state index contributed by atoms with van der Waals surface area (Å²) in [6, 6.07) is 3.89. The van der Waals surface area contributed by atoms with E-state index in [1.54, 1.807) is 24.3 Å². The Morgan fingerprint density at radius 2 is 2.05 bits per heavy atom. The molecular formula is C14H17BrN4S. The number of hydrogen-bond acceptors (Lipinski definition) is 5. The molecule has 0 fully saturated rings. The van der Waals surface area contributed by atoms with Gasteiger partial charge in [-0.3, -0.25) is 0 Å². The average molecular weight is 353 g/mol. The highest BCUT2D eigenvalue weighted by Gasteiger charge is 2.16. The minimum absolute atomic E-state index is 0.343. The molecule has 0 aromatic carbocycles. The maximum absolute atomic E-state index is 4.43. The van der Waals surface area contributed by atoms with E-state index in [0.717, 1.165) is 32.5 Å². The SMILES string of the molecule is CCNc1ncnc(Sc2ncccc2Br)c1C(C)C. The smallest absolute Gasteiger partial charge is 0.133 e. The van der Waals surface area contributed by atoms with Gasteiger partial charge in [-0.25, -0.2) is 15.0 Å². The van der Waals surface area contributed by atoms with Gasteiger partial charge in [0, 0.05) is 18.3 Å². The molecule has 1 N–H and O–H groups in total. The third-order valence-electron chi connectivity index (χ3n) is 2.69. The maximum Gasteiger partial charge on any atom is 0.133 e. The summed E-state index contributed by atoms with van der Waals surface area (Å²) in [5, 5.41) is 5.16. The summed E-state index contributed by atoms with van der Waals surface area (Å²) >= 11 is 5.08. The Balaban J connectivity index is 2.41. The number of pyridine rings is 1. The summed E-state index contributed by atoms with van der Waals surface area (Å²) in [6.07, 6.45) is 3.39. The van der Waals surface area contributed by atoms with E-state index in [1.165, 1.54) is 0 Å². The minimum Gasteiger partial charge on any atom is -0.370 e. The number of rotatable bonds is 5. The summed E-state index contributed by atoms with van der Waals surface area (Å²) in [4.78, 5) is 13.2. The first-order chi connectivity index (χ1) is 9.63. The van der Waals surface area contributed by atoms with Gasteiger partial charge >= 0.3 is 0 Å². The summed E-state index contributed by atoms with van der Waals surface area (Å²) in [7, 11) is 0. The molecule has 0 aliphatic heterocycles. The van der Waals surface area contributed by atoms with Crippen LogP contribution in [0.2, 0.25) is 0 Å². The zero-order valence-electron chi connectivity index (χ0n) is 11.7. The van der Waals surface area contributed by atoms with Crippen LogP contribution in [0.3, 0.4) is 0 Å². The van der Waals surface area contributed by atoms with Crippen LogP contribution in [0.25, 0.3) is 0 Å². The van der Waals surface area contributed by atoms with E-state index < -0.39 is 0 Å². The molecule has 4 nitrogen and oxygen atoms in total. The summed E-state index contributed by atoms with van der Waals surface area (Å²) in [6.45, 7) is 7.20. The molecule has 0 bridgehead atoms. The van der Waals surface area contributed by atoms with Crippen LogP contribution < -0.4 is 5.32 Å². The Labute approximate surface area is 132 Å². The lowest BCUT2D eigenvalue weighted by Crippen LogP contribution is -2.07. The number of nitrogens with one attached hydrogen (secondary N) is 1. The van der Waals surface area contributed by atoms with Crippen LogP contribution in [0.1, 0.15) is 32.3 Å². The van der Waals surface area contributed by atoms with Gasteiger partial charge in [0.1, 0.15) is 22.2 Å². The van der Waals surface area contributed by atoms with Crippen LogP contribution in [-0.4, -0.2) is 21.5 Å². The lowest BCUT2D eigenvalue weighted by molar-refractivity contribution is 0.802. The first-order valence-electron chi connectivity index (χ1n) is 6.50. The predicted octanol–water partition coefficient (Wildman–Crippen LogP) is 4.34. The topological polar surface area (TPSA) is 50.7 Å². The minimum atomic E-state index is 0.343. The molecule has 106 valence electrons. The molecule has 0 saturated carbocycles. The van der Waals surface area contributed by atoms with E-state index in [4.69, 9.17) is 0 Å². The second-order valence-corrected chi connectivity index (χ2v) is 6.35. The van der Waals surface area contributed by atoms with E-state index in [2.05, 4.69) is 57.0 Å². The lowest BCUT2D eigenvalue weighted by Gasteiger charge is -2.16. The highest BCUT2D eigenvalue weighted by Crippen LogP contribution is 2.37. The fourth-order valence-electron chi connectivity index (χ4n) is 1.83. The molecular weight excluding hydrogens is 336 g/mol. The van der Waals surface area contributed by atoms with Crippen molar-refractivity contribution in [1.82, 2.24) is 15.0 Å². The highest BCUT2D eigenvalue weighted by molar-refractivity contribution is 9.10. The second-order valence-electron chi connectivity index (χ2n) is 4.52. The molecule has 0 aliphatic carbocycles. The van der Waals surface area contributed by atoms with Crippen molar-refractivity contribution < 1.29 is 0 Å². The van der Waals surface area contributed by atoms with E-state index >= 15 is 0 Å². The number of halogens is 1. The van der Waals surface area contributed by atoms with Crippen LogP contribution in [-0.2, 0) is 0 Å². The van der Waals surface area contributed by atoms with Gasteiger partial charge in [-0.05, 0) is 52.7 Å². The quantitative estimate of drug-likeness (QED) is 0.811. The largest absolute Gasteiger partial charge is 0.370 e. The monoisotopic (exact) mass is 352 g/mol. The number of hydrogen-bond donors (Lipinski definition) is 1. The zero-order valence-corrected chi connectivity index (χ0v) is 14.1. The van der Waals surface area contributed by atoms with Crippen molar-refractivity contribution in [2.75, 3.05) is 11.9 Å². The van der Waals surface area contributed by atoms with Crippen molar-refractivity contribution >= 4 is 33.5 Å². The van der Waals surface area contributed by atoms with E-state index in [9.17, 15) is 0 Å². The average Bonchev–Trinajstić information content (AvgIpc) is 2.41. The van der Waals surface area contributed by atoms with Gasteiger partial charge in [-0.15, -0.1) is 0 Å². The summed E-state index contributed by atoms with van der Waals surface area (Å²) in [5.74, 6) is 1.25. The maximum atomic E-state index is 4.43. The van der Waals surface area contributed by atoms with Gasteiger partial charge in [-0.1, -0.05) is 13.8 Å². The molecule has 0 amide bonds. The Morgan fingerprint density at radius 1 is 1.25 bits per heavy atom. The van der Waals surface area contributed by atoms with Crippen LogP contribution in [0.4, 0.5) is 5.82 Å². The van der Waals surface area contributed by atoms with Crippen molar-refractivity contribution in [2.24, 2.45) is 0 Å². The van der Waals surface area contributed by atoms with Gasteiger partial charge < -0.3 is 5.32 Å². The van der Waals surface area contributed by atoms with Crippen molar-refractivity contribution in [1.29, 1.82) is 0 Å². The number of aromatic nitrogens is 3. The van der Waals surface area contributed by atoms with E-state index in [-0.39, 0.29) is 0 Å². The molecule has 20 heavy (non-hydrogen) atoms. The molecule has 2 rings (SSSR count). The number of anilines is 1. The first kappa shape index (κ1) is 15.3. The third kappa shape index (κ3) is 3.49. The van der Waals surface area contributed by atoms with Crippen molar-refractivity contribution in [3.05, 3.63) is 34.7 Å². The second kappa shape index (κ2) is 7.04. The molecule has 0 radical (unpaired) electrons. The van der Waals surface area contributed by atoms with Crippen LogP contribution in [0.5, 0.6) is 0 Å². The molecule has 2 aromatic rings. The highest BCUT2D eigenvalue weighted by atomic mass is 79.9. The fraction of sp³-hybridized carbons (Fsp3) is 0.357. The Morgan fingerprint density at radius 3 is 2.70 bits per heavy atom. The van der Waals surface area contributed by atoms with Crippen LogP contribution in [0, 0.1) is 0 Å². The molecule has 6 heteroatoms. The third-order valence-corrected chi connectivity index (χ3v) is 4.63. The van der Waals surface area contributed by atoms with Crippen molar-refractivity contribution in [3.8, 4) is 0 Å². The summed E-state index contributed by atoms with van der Waals surface area (Å²) < 4.78 is 0.975. The first-order valence-corrected chi connectivity index (χ1v) is 8.11. The van der Waals surface area contributed by atoms with Crippen molar-refractivity contribution in [2.45, 2.75) is 36.7 Å². The van der Waals surface area contributed by atoms with E-state index in [1.807, 2.05) is 12.1 Å². The zero-order chi connectivity index (χ0) is 14.5. The molecule has 2 heterocycles. The standard InChI is InChI=1S/C14H17BrN4S/c1-4-16-12-11(9(2)3)14(19-8-18-12)20-13-10(15)6-5-7-17-13/h5-9H,4H2,1-3H3,(H,16,18,19). The van der Waals surface area contributed by atoms with Crippen LogP contribution >= 0.6 is 27.7 Å². The Hall–Kier alpha value is -1.14. The van der Waals surface area contributed by atoms with Gasteiger partial charge in [0.25, 0.3) is 0 Å². The normalized spacial score (nSPS) is 10.8. The Bertz CT molecular complexity index is 589.